The Balaban J connectivity index is 1.41. The van der Waals surface area contributed by atoms with Crippen LogP contribution in [0.1, 0.15) is 11.3 Å². The van der Waals surface area contributed by atoms with E-state index in [2.05, 4.69) is 39.4 Å². The molecule has 3 heterocycles. The highest BCUT2D eigenvalue weighted by atomic mass is 16.5. The molecule has 7 heteroatoms. The molecule has 2 atom stereocenters. The number of hydrogen-bond acceptors (Lipinski definition) is 6. The Morgan fingerprint density at radius 2 is 1.85 bits per heavy atom. The van der Waals surface area contributed by atoms with Crippen molar-refractivity contribution in [2.45, 2.75) is 19.0 Å². The van der Waals surface area contributed by atoms with Crippen LogP contribution >= 0.6 is 0 Å². The number of nitrogens with one attached hydrogen (secondary N) is 1. The molecule has 2 aliphatic heterocycles. The first-order valence-electron chi connectivity index (χ1n) is 11.3. The highest BCUT2D eigenvalue weighted by Crippen LogP contribution is 2.39. The lowest BCUT2D eigenvalue weighted by molar-refractivity contribution is -0.126. The first-order chi connectivity index (χ1) is 16.2. The van der Waals surface area contributed by atoms with Crippen LogP contribution in [0, 0.1) is 5.92 Å². The van der Waals surface area contributed by atoms with Gasteiger partial charge in [0.15, 0.2) is 0 Å². The van der Waals surface area contributed by atoms with Gasteiger partial charge in [-0.3, -0.25) is 4.79 Å². The van der Waals surface area contributed by atoms with Gasteiger partial charge in [0.2, 0.25) is 5.91 Å². The van der Waals surface area contributed by atoms with E-state index < -0.39 is 0 Å². The molecule has 0 radical (unpaired) electrons. The molecule has 172 valence electrons. The minimum Gasteiger partial charge on any atom is -0.497 e. The maximum absolute atomic E-state index is 13.4. The summed E-state index contributed by atoms with van der Waals surface area (Å²) in [4.78, 5) is 18.1. The predicted octanol–water partition coefficient (Wildman–Crippen LogP) is 3.48. The van der Waals surface area contributed by atoms with Crippen molar-refractivity contribution in [1.82, 2.24) is 5.32 Å². The topological polar surface area (TPSA) is 67.2 Å². The molecule has 1 amide bonds. The van der Waals surface area contributed by atoms with E-state index in [4.69, 9.17) is 13.9 Å². The van der Waals surface area contributed by atoms with Gasteiger partial charge >= 0.3 is 0 Å². The standard InChI is InChI=1S/C26H29N3O4/c1-31-20-9-6-19(7-10-20)28-11-12-29-24-15-21(32-2)8-5-18(24)14-23(25(29)17-28)26(30)27-16-22-4-3-13-33-22/h3-10,13,15,23,25H,11-12,14,16-17H2,1-2H3,(H,27,30)/t23-,25+/m1/s1. The zero-order valence-electron chi connectivity index (χ0n) is 19.0. The fourth-order valence-corrected chi connectivity index (χ4v) is 4.95. The molecule has 1 N–H and O–H groups in total. The number of piperazine rings is 1. The SMILES string of the molecule is COc1ccc(N2CCN3c4cc(OC)ccc4C[C@@H](C(=O)NCc4ccco4)[C@@H]3C2)cc1. The van der Waals surface area contributed by atoms with Crippen molar-refractivity contribution >= 4 is 17.3 Å². The zero-order valence-corrected chi connectivity index (χ0v) is 19.0. The summed E-state index contributed by atoms with van der Waals surface area (Å²) in [7, 11) is 3.36. The van der Waals surface area contributed by atoms with E-state index in [0.717, 1.165) is 42.6 Å². The number of fused-ring (bicyclic) bond motifs is 3. The minimum atomic E-state index is -0.165. The maximum atomic E-state index is 13.4. The highest BCUT2D eigenvalue weighted by molar-refractivity contribution is 5.82. The van der Waals surface area contributed by atoms with Crippen LogP contribution in [-0.2, 0) is 17.8 Å². The average molecular weight is 448 g/mol. The van der Waals surface area contributed by atoms with Gasteiger partial charge in [0.25, 0.3) is 0 Å². The number of furan rings is 1. The smallest absolute Gasteiger partial charge is 0.225 e. The molecule has 1 aromatic heterocycles. The molecular formula is C26H29N3O4. The van der Waals surface area contributed by atoms with E-state index in [1.807, 2.05) is 30.3 Å². The van der Waals surface area contributed by atoms with Crippen LogP contribution in [0.15, 0.2) is 65.3 Å². The Hall–Kier alpha value is -3.61. The number of carbonyl (C=O) groups is 1. The predicted molar refractivity (Wildman–Crippen MR) is 127 cm³/mol. The van der Waals surface area contributed by atoms with Crippen molar-refractivity contribution in [3.05, 3.63) is 72.2 Å². The molecule has 5 rings (SSSR count). The molecule has 0 saturated carbocycles. The van der Waals surface area contributed by atoms with Gasteiger partial charge < -0.3 is 29.0 Å². The van der Waals surface area contributed by atoms with Crippen molar-refractivity contribution < 1.29 is 18.7 Å². The lowest BCUT2D eigenvalue weighted by Crippen LogP contribution is -2.61. The minimum absolute atomic E-state index is 0.0528. The van der Waals surface area contributed by atoms with Gasteiger partial charge in [-0.1, -0.05) is 6.07 Å². The second-order valence-corrected chi connectivity index (χ2v) is 8.51. The van der Waals surface area contributed by atoms with E-state index >= 15 is 0 Å². The highest BCUT2D eigenvalue weighted by Gasteiger charge is 2.41. The van der Waals surface area contributed by atoms with E-state index in [9.17, 15) is 4.79 Å². The summed E-state index contributed by atoms with van der Waals surface area (Å²) in [5, 5.41) is 3.09. The Kier molecular flexibility index (Phi) is 5.86. The number of nitrogens with zero attached hydrogens (tertiary/aromatic N) is 2. The number of ether oxygens (including phenoxy) is 2. The Morgan fingerprint density at radius 3 is 2.58 bits per heavy atom. The Bertz CT molecular complexity index is 1100. The average Bonchev–Trinajstić information content (AvgIpc) is 3.40. The molecule has 33 heavy (non-hydrogen) atoms. The summed E-state index contributed by atoms with van der Waals surface area (Å²) in [6.07, 6.45) is 2.32. The fourth-order valence-electron chi connectivity index (χ4n) is 4.95. The summed E-state index contributed by atoms with van der Waals surface area (Å²) in [6, 6.07) is 18.1. The van der Waals surface area contributed by atoms with Crippen LogP contribution in [0.2, 0.25) is 0 Å². The van der Waals surface area contributed by atoms with Crippen LogP contribution in [0.5, 0.6) is 11.5 Å². The largest absolute Gasteiger partial charge is 0.497 e. The van der Waals surface area contributed by atoms with Crippen LogP contribution in [-0.4, -0.2) is 45.8 Å². The third-order valence-corrected chi connectivity index (χ3v) is 6.72. The van der Waals surface area contributed by atoms with Crippen molar-refractivity contribution in [2.24, 2.45) is 5.92 Å². The molecule has 0 spiro atoms. The summed E-state index contributed by atoms with van der Waals surface area (Å²) >= 11 is 0. The molecule has 1 saturated heterocycles. The van der Waals surface area contributed by atoms with Crippen molar-refractivity contribution in [2.75, 3.05) is 43.7 Å². The Morgan fingerprint density at radius 1 is 1.06 bits per heavy atom. The number of carbonyl (C=O) groups excluding carboxylic acids is 1. The normalized spacial score (nSPS) is 19.5. The second-order valence-electron chi connectivity index (χ2n) is 8.51. The summed E-state index contributed by atoms with van der Waals surface area (Å²) in [6.45, 7) is 2.87. The third kappa shape index (κ3) is 4.23. The molecule has 0 aliphatic carbocycles. The molecule has 3 aromatic rings. The van der Waals surface area contributed by atoms with E-state index in [-0.39, 0.29) is 17.9 Å². The Labute approximate surface area is 193 Å². The van der Waals surface area contributed by atoms with Gasteiger partial charge in [0.1, 0.15) is 17.3 Å². The van der Waals surface area contributed by atoms with Crippen LogP contribution < -0.4 is 24.6 Å². The van der Waals surface area contributed by atoms with Gasteiger partial charge in [-0.25, -0.2) is 0 Å². The van der Waals surface area contributed by atoms with Gasteiger partial charge in [0.05, 0.1) is 39.0 Å². The molecule has 2 aromatic carbocycles. The van der Waals surface area contributed by atoms with Gasteiger partial charge in [-0.05, 0) is 54.4 Å². The summed E-state index contributed by atoms with van der Waals surface area (Å²) < 4.78 is 16.2. The zero-order chi connectivity index (χ0) is 22.8. The molecule has 2 aliphatic rings. The van der Waals surface area contributed by atoms with Crippen molar-refractivity contribution in [3.8, 4) is 11.5 Å². The first-order valence-corrected chi connectivity index (χ1v) is 11.3. The first kappa shape index (κ1) is 21.2. The number of rotatable bonds is 6. The van der Waals surface area contributed by atoms with Gasteiger partial charge in [0, 0.05) is 37.1 Å². The molecule has 0 bridgehead atoms. The number of anilines is 2. The molecule has 0 unspecified atom stereocenters. The number of amides is 1. The van der Waals surface area contributed by atoms with Gasteiger partial charge in [-0.2, -0.15) is 0 Å². The van der Waals surface area contributed by atoms with Crippen LogP contribution in [0.3, 0.4) is 0 Å². The van der Waals surface area contributed by atoms with E-state index in [0.29, 0.717) is 13.0 Å². The third-order valence-electron chi connectivity index (χ3n) is 6.72. The molecule has 1 fully saturated rings. The number of benzene rings is 2. The van der Waals surface area contributed by atoms with E-state index in [1.165, 1.54) is 11.3 Å². The van der Waals surface area contributed by atoms with Gasteiger partial charge in [-0.15, -0.1) is 0 Å². The van der Waals surface area contributed by atoms with Crippen LogP contribution in [0.4, 0.5) is 11.4 Å². The second kappa shape index (κ2) is 9.10. The van der Waals surface area contributed by atoms with Crippen molar-refractivity contribution in [1.29, 1.82) is 0 Å². The summed E-state index contributed by atoms with van der Waals surface area (Å²) in [5.74, 6) is 2.32. The fraction of sp³-hybridized carbons (Fsp3) is 0.346. The molecule has 7 nitrogen and oxygen atoms in total. The number of methoxy groups -OCH3 is 2. The van der Waals surface area contributed by atoms with Crippen LogP contribution in [0.25, 0.3) is 0 Å². The quantitative estimate of drug-likeness (QED) is 0.624. The van der Waals surface area contributed by atoms with Crippen molar-refractivity contribution in [3.63, 3.8) is 0 Å². The molecular weight excluding hydrogens is 418 g/mol. The summed E-state index contributed by atoms with van der Waals surface area (Å²) in [5.41, 5.74) is 3.49. The monoisotopic (exact) mass is 447 g/mol. The van der Waals surface area contributed by atoms with E-state index in [1.54, 1.807) is 20.5 Å². The maximum Gasteiger partial charge on any atom is 0.225 e. The lowest BCUT2D eigenvalue weighted by Gasteiger charge is -2.49. The lowest BCUT2D eigenvalue weighted by atomic mass is 9.83. The number of hydrogen-bond donors (Lipinski definition) is 1.